The number of aromatic nitrogens is 2. The van der Waals surface area contributed by atoms with Crippen LogP contribution in [0.5, 0.6) is 0 Å². The van der Waals surface area contributed by atoms with Gasteiger partial charge in [-0.25, -0.2) is 9.97 Å². The normalized spacial score (nSPS) is 16.0. The Labute approximate surface area is 179 Å². The number of furan rings is 1. The fourth-order valence-corrected chi connectivity index (χ4v) is 4.88. The first-order valence-electron chi connectivity index (χ1n) is 10.2. The first kappa shape index (κ1) is 19.2. The second-order valence-electron chi connectivity index (χ2n) is 7.41. The summed E-state index contributed by atoms with van der Waals surface area (Å²) in [6, 6.07) is 14.6. The number of anilines is 1. The number of fused-ring (bicyclic) bond motifs is 1. The highest BCUT2D eigenvalue weighted by Gasteiger charge is 2.25. The summed E-state index contributed by atoms with van der Waals surface area (Å²) in [4.78, 5) is 12.5. The first-order chi connectivity index (χ1) is 14.8. The second-order valence-corrected chi connectivity index (χ2v) is 8.27. The maximum atomic E-state index is 6.00. The van der Waals surface area contributed by atoms with Crippen molar-refractivity contribution in [3.05, 3.63) is 65.7 Å². The Balaban J connectivity index is 1.46. The topological polar surface area (TPSA) is 63.4 Å². The zero-order chi connectivity index (χ0) is 20.3. The predicted molar refractivity (Wildman–Crippen MR) is 120 cm³/mol. The van der Waals surface area contributed by atoms with Crippen molar-refractivity contribution in [1.82, 2.24) is 14.9 Å². The molecule has 0 saturated carbocycles. The molecule has 1 atom stereocenters. The quantitative estimate of drug-likeness (QED) is 0.486. The Bertz CT molecular complexity index is 1120. The van der Waals surface area contributed by atoms with Crippen molar-refractivity contribution < 1.29 is 9.15 Å². The lowest BCUT2D eigenvalue weighted by molar-refractivity contribution is 0.0143. The molecule has 30 heavy (non-hydrogen) atoms. The Hall–Kier alpha value is -2.74. The van der Waals surface area contributed by atoms with Crippen LogP contribution in [0.1, 0.15) is 17.6 Å². The van der Waals surface area contributed by atoms with E-state index in [9.17, 15) is 0 Å². The van der Waals surface area contributed by atoms with Crippen LogP contribution < -0.4 is 5.32 Å². The van der Waals surface area contributed by atoms with Gasteiger partial charge in [0.05, 0.1) is 24.6 Å². The molecule has 7 heteroatoms. The van der Waals surface area contributed by atoms with Crippen molar-refractivity contribution in [3.8, 4) is 11.1 Å². The maximum Gasteiger partial charge on any atom is 0.138 e. The van der Waals surface area contributed by atoms with Crippen molar-refractivity contribution in [3.63, 3.8) is 0 Å². The van der Waals surface area contributed by atoms with E-state index in [0.29, 0.717) is 6.54 Å². The minimum Gasteiger partial charge on any atom is -0.465 e. The van der Waals surface area contributed by atoms with Crippen LogP contribution in [-0.4, -0.2) is 47.7 Å². The van der Waals surface area contributed by atoms with Crippen molar-refractivity contribution in [1.29, 1.82) is 0 Å². The molecule has 4 aromatic rings. The Morgan fingerprint density at radius 2 is 1.93 bits per heavy atom. The Morgan fingerprint density at radius 3 is 2.70 bits per heavy atom. The maximum absolute atomic E-state index is 6.00. The molecule has 1 aliphatic heterocycles. The van der Waals surface area contributed by atoms with Gasteiger partial charge in [-0.3, -0.25) is 4.90 Å². The van der Waals surface area contributed by atoms with E-state index in [1.165, 1.54) is 5.56 Å². The van der Waals surface area contributed by atoms with E-state index in [2.05, 4.69) is 55.9 Å². The molecule has 6 nitrogen and oxygen atoms in total. The average molecular weight is 421 g/mol. The molecule has 1 aliphatic rings. The number of morpholine rings is 1. The fourth-order valence-electron chi connectivity index (χ4n) is 3.96. The van der Waals surface area contributed by atoms with E-state index in [0.717, 1.165) is 59.4 Å². The molecule has 0 bridgehead atoms. The minimum atomic E-state index is 0.117. The number of benzene rings is 1. The van der Waals surface area contributed by atoms with E-state index in [1.807, 2.05) is 19.1 Å². The van der Waals surface area contributed by atoms with Gasteiger partial charge in [0.15, 0.2) is 0 Å². The third kappa shape index (κ3) is 3.84. The number of rotatable bonds is 6. The summed E-state index contributed by atoms with van der Waals surface area (Å²) in [5.41, 5.74) is 2.34. The lowest BCUT2D eigenvalue weighted by atomic mass is 10.1. The SMILES string of the molecule is Cc1ccc(C(CNc2ncnc3scc(-c4ccccc4)c23)N2CCOCC2)o1. The summed E-state index contributed by atoms with van der Waals surface area (Å²) >= 11 is 1.65. The van der Waals surface area contributed by atoms with Crippen molar-refractivity contribution in [2.45, 2.75) is 13.0 Å². The van der Waals surface area contributed by atoms with Gasteiger partial charge < -0.3 is 14.5 Å². The van der Waals surface area contributed by atoms with E-state index in [-0.39, 0.29) is 6.04 Å². The average Bonchev–Trinajstić information content (AvgIpc) is 3.42. The number of ether oxygens (including phenoxy) is 1. The zero-order valence-corrected chi connectivity index (χ0v) is 17.7. The number of hydrogen-bond donors (Lipinski definition) is 1. The molecule has 0 spiro atoms. The van der Waals surface area contributed by atoms with Crippen LogP contribution in [0, 0.1) is 6.92 Å². The van der Waals surface area contributed by atoms with Crippen LogP contribution in [0.25, 0.3) is 21.3 Å². The third-order valence-corrected chi connectivity index (χ3v) is 6.38. The van der Waals surface area contributed by atoms with Gasteiger partial charge in [-0.05, 0) is 24.6 Å². The molecule has 0 aliphatic carbocycles. The van der Waals surface area contributed by atoms with Gasteiger partial charge in [0.1, 0.15) is 28.5 Å². The molecule has 1 unspecified atom stereocenters. The van der Waals surface area contributed by atoms with E-state index in [4.69, 9.17) is 9.15 Å². The van der Waals surface area contributed by atoms with E-state index < -0.39 is 0 Å². The lowest BCUT2D eigenvalue weighted by Gasteiger charge is -2.33. The van der Waals surface area contributed by atoms with Crippen LogP contribution in [0.3, 0.4) is 0 Å². The van der Waals surface area contributed by atoms with Crippen LogP contribution in [0.15, 0.2) is 58.6 Å². The van der Waals surface area contributed by atoms with E-state index in [1.54, 1.807) is 17.7 Å². The lowest BCUT2D eigenvalue weighted by Crippen LogP contribution is -2.41. The molecule has 0 amide bonds. The van der Waals surface area contributed by atoms with Crippen LogP contribution in [0.4, 0.5) is 5.82 Å². The monoisotopic (exact) mass is 420 g/mol. The molecule has 1 N–H and O–H groups in total. The molecule has 3 aromatic heterocycles. The van der Waals surface area contributed by atoms with Crippen molar-refractivity contribution in [2.24, 2.45) is 0 Å². The number of aryl methyl sites for hydroxylation is 1. The van der Waals surface area contributed by atoms with Crippen molar-refractivity contribution in [2.75, 3.05) is 38.2 Å². The standard InChI is InChI=1S/C23H24N4O2S/c1-16-7-8-20(29-16)19(27-9-11-28-12-10-27)13-24-22-21-18(17-5-3-2-4-6-17)14-30-23(21)26-15-25-22/h2-8,14-15,19H,9-13H2,1H3,(H,24,25,26). The largest absolute Gasteiger partial charge is 0.465 e. The molecule has 1 saturated heterocycles. The highest BCUT2D eigenvalue weighted by molar-refractivity contribution is 7.17. The van der Waals surface area contributed by atoms with Crippen LogP contribution in [-0.2, 0) is 4.74 Å². The third-order valence-electron chi connectivity index (χ3n) is 5.49. The Kier molecular flexibility index (Phi) is 5.48. The highest BCUT2D eigenvalue weighted by atomic mass is 32.1. The van der Waals surface area contributed by atoms with Gasteiger partial charge in [-0.15, -0.1) is 11.3 Å². The van der Waals surface area contributed by atoms with Crippen molar-refractivity contribution >= 4 is 27.4 Å². The molecule has 5 rings (SSSR count). The van der Waals surface area contributed by atoms with Crippen LogP contribution >= 0.6 is 11.3 Å². The number of nitrogens with one attached hydrogen (secondary N) is 1. The molecule has 4 heterocycles. The van der Waals surface area contributed by atoms with Gasteiger partial charge in [0.25, 0.3) is 0 Å². The fraction of sp³-hybridized carbons (Fsp3) is 0.304. The van der Waals surface area contributed by atoms with E-state index >= 15 is 0 Å². The van der Waals surface area contributed by atoms with Gasteiger partial charge in [-0.2, -0.15) is 0 Å². The molecule has 1 aromatic carbocycles. The van der Waals surface area contributed by atoms with Gasteiger partial charge >= 0.3 is 0 Å². The Morgan fingerprint density at radius 1 is 1.10 bits per heavy atom. The summed E-state index contributed by atoms with van der Waals surface area (Å²) in [5, 5.41) is 6.84. The molecule has 154 valence electrons. The van der Waals surface area contributed by atoms with Gasteiger partial charge in [0.2, 0.25) is 0 Å². The van der Waals surface area contributed by atoms with Gasteiger partial charge in [0, 0.05) is 30.6 Å². The first-order valence-corrected chi connectivity index (χ1v) is 11.1. The summed E-state index contributed by atoms with van der Waals surface area (Å²) in [6.07, 6.45) is 1.64. The highest BCUT2D eigenvalue weighted by Crippen LogP contribution is 2.36. The smallest absolute Gasteiger partial charge is 0.138 e. The zero-order valence-electron chi connectivity index (χ0n) is 16.9. The minimum absolute atomic E-state index is 0.117. The number of hydrogen-bond acceptors (Lipinski definition) is 7. The number of thiophene rings is 1. The summed E-state index contributed by atoms with van der Waals surface area (Å²) < 4.78 is 11.6. The number of nitrogens with zero attached hydrogens (tertiary/aromatic N) is 3. The molecular formula is C23H24N4O2S. The summed E-state index contributed by atoms with van der Waals surface area (Å²) in [6.45, 7) is 5.95. The molecular weight excluding hydrogens is 396 g/mol. The molecule has 0 radical (unpaired) electrons. The summed E-state index contributed by atoms with van der Waals surface area (Å²) in [5.74, 6) is 2.76. The molecule has 1 fully saturated rings. The predicted octanol–water partition coefficient (Wildman–Crippen LogP) is 4.75. The summed E-state index contributed by atoms with van der Waals surface area (Å²) in [7, 11) is 0. The van der Waals surface area contributed by atoms with Gasteiger partial charge in [-0.1, -0.05) is 30.3 Å². The second kappa shape index (κ2) is 8.55. The van der Waals surface area contributed by atoms with Crippen LogP contribution in [0.2, 0.25) is 0 Å².